The Hall–Kier alpha value is -4.93. The number of ether oxygens (including phenoxy) is 3. The van der Waals surface area contributed by atoms with Crippen LogP contribution in [0, 0.1) is 0 Å². The normalized spacial score (nSPS) is 14.3. The summed E-state index contributed by atoms with van der Waals surface area (Å²) in [6.45, 7) is 4.62. The van der Waals surface area contributed by atoms with Crippen molar-refractivity contribution >= 4 is 44.9 Å². The molecule has 0 radical (unpaired) electrons. The van der Waals surface area contributed by atoms with E-state index in [0.717, 1.165) is 16.7 Å². The quantitative estimate of drug-likeness (QED) is 0.176. The highest BCUT2D eigenvalue weighted by Gasteiger charge is 2.32. The van der Waals surface area contributed by atoms with E-state index in [1.165, 1.54) is 11.3 Å². The van der Waals surface area contributed by atoms with Gasteiger partial charge in [-0.1, -0.05) is 72.0 Å². The first-order chi connectivity index (χ1) is 22.9. The Labute approximate surface area is 284 Å². The molecule has 0 unspecified atom stereocenters. The second-order valence-electron chi connectivity index (χ2n) is 10.7. The van der Waals surface area contributed by atoms with Gasteiger partial charge in [-0.3, -0.25) is 14.2 Å². The van der Waals surface area contributed by atoms with Gasteiger partial charge in [0.05, 0.1) is 40.0 Å². The molecule has 238 valence electrons. The zero-order valence-electron chi connectivity index (χ0n) is 26.0. The molecule has 1 aromatic heterocycles. The van der Waals surface area contributed by atoms with Crippen LogP contribution in [0.3, 0.4) is 0 Å². The molecule has 8 nitrogen and oxygen atoms in total. The maximum Gasteiger partial charge on any atom is 0.271 e. The summed E-state index contributed by atoms with van der Waals surface area (Å²) in [7, 11) is 1.58. The van der Waals surface area contributed by atoms with E-state index in [9.17, 15) is 9.59 Å². The van der Waals surface area contributed by atoms with E-state index in [0.29, 0.717) is 61.2 Å². The van der Waals surface area contributed by atoms with Gasteiger partial charge in [0.1, 0.15) is 12.4 Å². The SMILES string of the molecule is CCOc1ccc([C@H]2C(C(=O)Nc3ccccc3)=C(C)N=c3s/c(=C\c4cc(Br)c(OCc5ccccc5)c(OC)c4)c(=O)n32)cc1. The van der Waals surface area contributed by atoms with Gasteiger partial charge in [-0.15, -0.1) is 0 Å². The number of carbonyl (C=O) groups excluding carboxylic acids is 1. The molecular weight excluding hydrogens is 678 g/mol. The standard InChI is InChI=1S/C37H32BrN3O5S/c1-4-45-28-17-15-26(16-18-28)33-32(35(42)40-27-13-9-6-10-14-27)23(2)39-37-41(33)36(43)31(47-37)21-25-19-29(38)34(30(20-25)44-3)46-22-24-11-7-5-8-12-24/h5-21,33H,4,22H2,1-3H3,(H,40,42)/b31-21-/t33-/m0/s1. The highest BCUT2D eigenvalue weighted by Crippen LogP contribution is 2.37. The van der Waals surface area contributed by atoms with Crippen LogP contribution in [-0.4, -0.2) is 24.2 Å². The van der Waals surface area contributed by atoms with Crippen molar-refractivity contribution in [1.82, 2.24) is 4.57 Å². The molecule has 2 heterocycles. The summed E-state index contributed by atoms with van der Waals surface area (Å²) in [4.78, 5) is 33.3. The number of carbonyl (C=O) groups is 1. The largest absolute Gasteiger partial charge is 0.494 e. The zero-order chi connectivity index (χ0) is 32.9. The number of hydrogen-bond acceptors (Lipinski definition) is 7. The van der Waals surface area contributed by atoms with E-state index < -0.39 is 6.04 Å². The summed E-state index contributed by atoms with van der Waals surface area (Å²) < 4.78 is 20.2. The molecule has 0 aliphatic carbocycles. The van der Waals surface area contributed by atoms with Crippen LogP contribution in [0.4, 0.5) is 5.69 Å². The summed E-state index contributed by atoms with van der Waals surface area (Å²) in [6, 6.07) is 29.6. The van der Waals surface area contributed by atoms with Crippen molar-refractivity contribution in [2.45, 2.75) is 26.5 Å². The molecule has 0 fully saturated rings. The Balaban J connectivity index is 1.41. The lowest BCUT2D eigenvalue weighted by Gasteiger charge is -2.25. The van der Waals surface area contributed by atoms with Crippen LogP contribution in [0.2, 0.25) is 0 Å². The summed E-state index contributed by atoms with van der Waals surface area (Å²) >= 11 is 4.90. The van der Waals surface area contributed by atoms with Gasteiger partial charge in [-0.2, -0.15) is 0 Å². The van der Waals surface area contributed by atoms with Gasteiger partial charge in [0, 0.05) is 5.69 Å². The van der Waals surface area contributed by atoms with Crippen LogP contribution in [-0.2, 0) is 11.4 Å². The monoisotopic (exact) mass is 709 g/mol. The molecular formula is C37H32BrN3O5S. The lowest BCUT2D eigenvalue weighted by molar-refractivity contribution is -0.113. The second-order valence-corrected chi connectivity index (χ2v) is 12.6. The Bertz CT molecular complexity index is 2130. The molecule has 1 amide bonds. The van der Waals surface area contributed by atoms with E-state index in [2.05, 4.69) is 21.2 Å². The molecule has 0 saturated heterocycles. The molecule has 1 atom stereocenters. The number of methoxy groups -OCH3 is 1. The third-order valence-electron chi connectivity index (χ3n) is 7.58. The fourth-order valence-electron chi connectivity index (χ4n) is 5.40. The molecule has 1 N–H and O–H groups in total. The van der Waals surface area contributed by atoms with Crippen molar-refractivity contribution in [3.63, 3.8) is 0 Å². The minimum Gasteiger partial charge on any atom is -0.494 e. The fourth-order valence-corrected chi connectivity index (χ4v) is 7.03. The van der Waals surface area contributed by atoms with Gasteiger partial charge in [0.15, 0.2) is 16.3 Å². The molecule has 0 bridgehead atoms. The first kappa shape index (κ1) is 32.0. The van der Waals surface area contributed by atoms with Crippen LogP contribution >= 0.6 is 27.3 Å². The minimum atomic E-state index is -0.706. The Morgan fingerprint density at radius 2 is 1.70 bits per heavy atom. The van der Waals surface area contributed by atoms with Crippen LogP contribution in [0.5, 0.6) is 17.2 Å². The van der Waals surface area contributed by atoms with Gasteiger partial charge in [-0.25, -0.2) is 4.99 Å². The zero-order valence-corrected chi connectivity index (χ0v) is 28.4. The van der Waals surface area contributed by atoms with Gasteiger partial charge < -0.3 is 19.5 Å². The first-order valence-electron chi connectivity index (χ1n) is 15.0. The Kier molecular flexibility index (Phi) is 9.70. The number of fused-ring (bicyclic) bond motifs is 1. The number of rotatable bonds is 10. The van der Waals surface area contributed by atoms with Crippen LogP contribution in [0.25, 0.3) is 6.08 Å². The number of allylic oxidation sites excluding steroid dienone is 1. The van der Waals surface area contributed by atoms with Crippen LogP contribution < -0.4 is 34.4 Å². The average Bonchev–Trinajstić information content (AvgIpc) is 3.38. The molecule has 0 saturated carbocycles. The van der Waals surface area contributed by atoms with Gasteiger partial charge in [-0.05, 0) is 88.9 Å². The van der Waals surface area contributed by atoms with Crippen LogP contribution in [0.15, 0.2) is 123 Å². The number of benzene rings is 4. The van der Waals surface area contributed by atoms with E-state index in [4.69, 9.17) is 19.2 Å². The third kappa shape index (κ3) is 6.94. The third-order valence-corrected chi connectivity index (χ3v) is 9.15. The number of hydrogen-bond donors (Lipinski definition) is 1. The summed E-state index contributed by atoms with van der Waals surface area (Å²) in [5.41, 5.74) is 3.84. The molecule has 1 aliphatic rings. The number of halogens is 1. The van der Waals surface area contributed by atoms with Crippen molar-refractivity contribution in [2.75, 3.05) is 19.0 Å². The summed E-state index contributed by atoms with van der Waals surface area (Å²) in [5.74, 6) is 1.47. The summed E-state index contributed by atoms with van der Waals surface area (Å²) in [5, 5.41) is 2.98. The molecule has 47 heavy (non-hydrogen) atoms. The lowest BCUT2D eigenvalue weighted by atomic mass is 9.95. The molecule has 5 aromatic rings. The maximum absolute atomic E-state index is 14.2. The van der Waals surface area contributed by atoms with Crippen LogP contribution in [0.1, 0.15) is 36.6 Å². The second kappa shape index (κ2) is 14.2. The van der Waals surface area contributed by atoms with Crippen molar-refractivity contribution in [1.29, 1.82) is 0 Å². The number of thiazole rings is 1. The molecule has 1 aliphatic heterocycles. The van der Waals surface area contributed by atoms with Crippen molar-refractivity contribution in [3.05, 3.63) is 149 Å². The number of para-hydroxylation sites is 1. The van der Waals surface area contributed by atoms with Crippen molar-refractivity contribution in [2.24, 2.45) is 4.99 Å². The highest BCUT2D eigenvalue weighted by atomic mass is 79.9. The number of aromatic nitrogens is 1. The number of anilines is 1. The minimum absolute atomic E-state index is 0.260. The van der Waals surface area contributed by atoms with Crippen molar-refractivity contribution < 1.29 is 19.0 Å². The van der Waals surface area contributed by atoms with Gasteiger partial charge in [0.2, 0.25) is 0 Å². The van der Waals surface area contributed by atoms with Gasteiger partial charge >= 0.3 is 0 Å². The smallest absolute Gasteiger partial charge is 0.271 e. The fraction of sp³-hybridized carbons (Fsp3) is 0.162. The van der Waals surface area contributed by atoms with Crippen molar-refractivity contribution in [3.8, 4) is 17.2 Å². The van der Waals surface area contributed by atoms with E-state index >= 15 is 0 Å². The number of amides is 1. The predicted octanol–water partition coefficient (Wildman–Crippen LogP) is 6.62. The molecule has 10 heteroatoms. The average molecular weight is 711 g/mol. The predicted molar refractivity (Wildman–Crippen MR) is 188 cm³/mol. The molecule has 4 aromatic carbocycles. The Morgan fingerprint density at radius 1 is 1.00 bits per heavy atom. The summed E-state index contributed by atoms with van der Waals surface area (Å²) in [6.07, 6.45) is 1.80. The molecule has 6 rings (SSSR count). The number of nitrogens with one attached hydrogen (secondary N) is 1. The molecule has 0 spiro atoms. The van der Waals surface area contributed by atoms with Gasteiger partial charge in [0.25, 0.3) is 11.5 Å². The maximum atomic E-state index is 14.2. The van der Waals surface area contributed by atoms with E-state index in [1.54, 1.807) is 24.7 Å². The van der Waals surface area contributed by atoms with E-state index in [1.807, 2.05) is 104 Å². The highest BCUT2D eigenvalue weighted by molar-refractivity contribution is 9.10. The van der Waals surface area contributed by atoms with E-state index in [-0.39, 0.29) is 11.5 Å². The lowest BCUT2D eigenvalue weighted by Crippen LogP contribution is -2.40. The number of nitrogens with zero attached hydrogens (tertiary/aromatic N) is 2. The first-order valence-corrected chi connectivity index (χ1v) is 16.6. The Morgan fingerprint density at radius 3 is 2.38 bits per heavy atom. The topological polar surface area (TPSA) is 91.2 Å².